The quantitative estimate of drug-likeness (QED) is 0.790. The summed E-state index contributed by atoms with van der Waals surface area (Å²) in [4.78, 5) is 22.5. The minimum Gasteiger partial charge on any atom is -0.493 e. The van der Waals surface area contributed by atoms with Crippen LogP contribution >= 0.6 is 0 Å². The zero-order valence-corrected chi connectivity index (χ0v) is 10.8. The molecule has 0 spiro atoms. The van der Waals surface area contributed by atoms with E-state index in [4.69, 9.17) is 4.74 Å². The molecule has 0 radical (unpaired) electrons. The molecule has 0 fully saturated rings. The lowest BCUT2D eigenvalue weighted by Crippen LogP contribution is -2.39. The van der Waals surface area contributed by atoms with Gasteiger partial charge in [0.1, 0.15) is 17.6 Å². The van der Waals surface area contributed by atoms with Crippen LogP contribution in [0.15, 0.2) is 24.3 Å². The lowest BCUT2D eigenvalue weighted by molar-refractivity contribution is -0.144. The smallest absolute Gasteiger partial charge is 0.328 e. The summed E-state index contributed by atoms with van der Waals surface area (Å²) in [5.41, 5.74) is 0. The van der Waals surface area contributed by atoms with Crippen LogP contribution in [0.25, 0.3) is 0 Å². The maximum atomic E-state index is 12.6. The summed E-state index contributed by atoms with van der Waals surface area (Å²) in [6.45, 7) is 1.68. The average Bonchev–Trinajstić information content (AvgIpc) is 2.40. The first-order valence-corrected chi connectivity index (χ1v) is 5.78. The van der Waals surface area contributed by atoms with Crippen molar-refractivity contribution < 1.29 is 23.5 Å². The summed E-state index contributed by atoms with van der Waals surface area (Å²) in [6.07, 6.45) is 0.0959. The summed E-state index contributed by atoms with van der Waals surface area (Å²) in [6, 6.07) is 4.81. The Labute approximate surface area is 110 Å². The number of ether oxygens (including phenoxy) is 2. The molecule has 1 atom stereocenters. The SMILES string of the molecule is COC(=O)C(C)NC(=O)CCOc1ccc(F)cc1. The Morgan fingerprint density at radius 2 is 1.95 bits per heavy atom. The van der Waals surface area contributed by atoms with Gasteiger partial charge < -0.3 is 14.8 Å². The molecule has 5 nitrogen and oxygen atoms in total. The molecule has 1 N–H and O–H groups in total. The summed E-state index contributed by atoms with van der Waals surface area (Å²) < 4.78 is 22.4. The zero-order valence-electron chi connectivity index (χ0n) is 10.8. The highest BCUT2D eigenvalue weighted by atomic mass is 19.1. The van der Waals surface area contributed by atoms with E-state index < -0.39 is 12.0 Å². The summed E-state index contributed by atoms with van der Waals surface area (Å²) in [5.74, 6) is -0.694. The standard InChI is InChI=1S/C13H16FNO4/c1-9(13(17)18-2)15-12(16)7-8-19-11-5-3-10(14)4-6-11/h3-6,9H,7-8H2,1-2H3,(H,15,16). The van der Waals surface area contributed by atoms with Crippen molar-refractivity contribution in [2.45, 2.75) is 19.4 Å². The Bertz CT molecular complexity index is 433. The number of amides is 1. The van der Waals surface area contributed by atoms with Gasteiger partial charge in [0.2, 0.25) is 5.91 Å². The number of halogens is 1. The third-order valence-corrected chi connectivity index (χ3v) is 2.34. The van der Waals surface area contributed by atoms with Crippen LogP contribution in [0.2, 0.25) is 0 Å². The molecule has 0 saturated carbocycles. The number of nitrogens with one attached hydrogen (secondary N) is 1. The van der Waals surface area contributed by atoms with Crippen LogP contribution in [0.4, 0.5) is 4.39 Å². The second-order valence-electron chi connectivity index (χ2n) is 3.86. The summed E-state index contributed by atoms with van der Waals surface area (Å²) >= 11 is 0. The fraction of sp³-hybridized carbons (Fsp3) is 0.385. The normalized spacial score (nSPS) is 11.5. The molecule has 1 aromatic carbocycles. The second kappa shape index (κ2) is 7.35. The Hall–Kier alpha value is -2.11. The Kier molecular flexibility index (Phi) is 5.78. The van der Waals surface area contributed by atoms with Crippen LogP contribution in [0.1, 0.15) is 13.3 Å². The van der Waals surface area contributed by atoms with Gasteiger partial charge in [-0.2, -0.15) is 0 Å². The number of hydrogen-bond donors (Lipinski definition) is 1. The van der Waals surface area contributed by atoms with Crippen molar-refractivity contribution in [3.8, 4) is 5.75 Å². The summed E-state index contributed by atoms with van der Waals surface area (Å²) in [5, 5.41) is 2.47. The van der Waals surface area contributed by atoms with Crippen molar-refractivity contribution in [1.82, 2.24) is 5.32 Å². The first kappa shape index (κ1) is 14.9. The van der Waals surface area contributed by atoms with Crippen molar-refractivity contribution in [2.75, 3.05) is 13.7 Å². The highest BCUT2D eigenvalue weighted by Gasteiger charge is 2.15. The Morgan fingerprint density at radius 3 is 2.53 bits per heavy atom. The number of hydrogen-bond acceptors (Lipinski definition) is 4. The average molecular weight is 269 g/mol. The van der Waals surface area contributed by atoms with Crippen LogP contribution in [0, 0.1) is 5.82 Å². The Morgan fingerprint density at radius 1 is 1.32 bits per heavy atom. The van der Waals surface area contributed by atoms with Gasteiger partial charge in [-0.15, -0.1) is 0 Å². The third-order valence-electron chi connectivity index (χ3n) is 2.34. The van der Waals surface area contributed by atoms with Gasteiger partial charge in [-0.25, -0.2) is 9.18 Å². The van der Waals surface area contributed by atoms with E-state index in [1.54, 1.807) is 0 Å². The van der Waals surface area contributed by atoms with Gasteiger partial charge in [0.05, 0.1) is 20.1 Å². The highest BCUT2D eigenvalue weighted by molar-refractivity contribution is 5.84. The summed E-state index contributed by atoms with van der Waals surface area (Å²) in [7, 11) is 1.25. The van der Waals surface area contributed by atoms with Crippen molar-refractivity contribution in [1.29, 1.82) is 0 Å². The third kappa shape index (κ3) is 5.37. The largest absolute Gasteiger partial charge is 0.493 e. The molecular weight excluding hydrogens is 253 g/mol. The molecule has 0 heterocycles. The van der Waals surface area contributed by atoms with Gasteiger partial charge in [-0.1, -0.05) is 0 Å². The molecule has 0 aliphatic carbocycles. The fourth-order valence-electron chi connectivity index (χ4n) is 1.34. The van der Waals surface area contributed by atoms with Crippen LogP contribution < -0.4 is 10.1 Å². The molecule has 0 aliphatic heterocycles. The van der Waals surface area contributed by atoms with Crippen molar-refractivity contribution in [3.05, 3.63) is 30.1 Å². The van der Waals surface area contributed by atoms with Crippen molar-refractivity contribution in [3.63, 3.8) is 0 Å². The number of carbonyl (C=O) groups excluding carboxylic acids is 2. The van der Waals surface area contributed by atoms with E-state index in [9.17, 15) is 14.0 Å². The van der Waals surface area contributed by atoms with Crippen LogP contribution in [-0.2, 0) is 14.3 Å². The first-order valence-electron chi connectivity index (χ1n) is 5.78. The predicted molar refractivity (Wildman–Crippen MR) is 66.1 cm³/mol. The van der Waals surface area contributed by atoms with Gasteiger partial charge >= 0.3 is 5.97 Å². The highest BCUT2D eigenvalue weighted by Crippen LogP contribution is 2.11. The maximum absolute atomic E-state index is 12.6. The lowest BCUT2D eigenvalue weighted by Gasteiger charge is -2.11. The first-order chi connectivity index (χ1) is 9.02. The Balaban J connectivity index is 2.27. The zero-order chi connectivity index (χ0) is 14.3. The number of methoxy groups -OCH3 is 1. The number of carbonyl (C=O) groups is 2. The van der Waals surface area contributed by atoms with Crippen LogP contribution in [0.3, 0.4) is 0 Å². The number of esters is 1. The molecule has 1 aromatic rings. The van der Waals surface area contributed by atoms with Gasteiger partial charge in [-0.05, 0) is 31.2 Å². The van der Waals surface area contributed by atoms with E-state index >= 15 is 0 Å². The molecule has 0 aliphatic rings. The molecule has 6 heteroatoms. The second-order valence-corrected chi connectivity index (χ2v) is 3.86. The maximum Gasteiger partial charge on any atom is 0.328 e. The van der Waals surface area contributed by atoms with Gasteiger partial charge in [0, 0.05) is 0 Å². The van der Waals surface area contributed by atoms with Gasteiger partial charge in [0.15, 0.2) is 0 Å². The molecule has 0 saturated heterocycles. The minimum atomic E-state index is -0.691. The van der Waals surface area contributed by atoms with E-state index in [2.05, 4.69) is 10.1 Å². The predicted octanol–water partition coefficient (Wildman–Crippen LogP) is 1.27. The molecule has 1 rings (SSSR count). The van der Waals surface area contributed by atoms with E-state index in [0.717, 1.165) is 0 Å². The minimum absolute atomic E-state index is 0.0959. The molecule has 1 unspecified atom stereocenters. The topological polar surface area (TPSA) is 64.6 Å². The van der Waals surface area contributed by atoms with Crippen molar-refractivity contribution >= 4 is 11.9 Å². The van der Waals surface area contributed by atoms with E-state index in [1.165, 1.54) is 38.3 Å². The molecule has 0 aromatic heterocycles. The van der Waals surface area contributed by atoms with E-state index in [-0.39, 0.29) is 24.8 Å². The lowest BCUT2D eigenvalue weighted by atomic mass is 10.3. The molecule has 104 valence electrons. The van der Waals surface area contributed by atoms with Crippen molar-refractivity contribution in [2.24, 2.45) is 0 Å². The number of benzene rings is 1. The van der Waals surface area contributed by atoms with E-state index in [1.807, 2.05) is 0 Å². The van der Waals surface area contributed by atoms with E-state index in [0.29, 0.717) is 5.75 Å². The molecule has 19 heavy (non-hydrogen) atoms. The van der Waals surface area contributed by atoms with Crippen LogP contribution in [0.5, 0.6) is 5.75 Å². The fourth-order valence-corrected chi connectivity index (χ4v) is 1.34. The number of rotatable bonds is 6. The van der Waals surface area contributed by atoms with Gasteiger partial charge in [-0.3, -0.25) is 4.79 Å². The molecule has 1 amide bonds. The molecular formula is C13H16FNO4. The molecule has 0 bridgehead atoms. The van der Waals surface area contributed by atoms with Gasteiger partial charge in [0.25, 0.3) is 0 Å². The monoisotopic (exact) mass is 269 g/mol. The van der Waals surface area contributed by atoms with Crippen LogP contribution in [-0.4, -0.2) is 31.6 Å².